The van der Waals surface area contributed by atoms with Gasteiger partial charge < -0.3 is 10.2 Å². The molecule has 0 radical (unpaired) electrons. The molecule has 0 aliphatic carbocycles. The minimum Gasteiger partial charge on any atom is -0.338 e. The number of sulfonamides is 1. The Morgan fingerprint density at radius 2 is 1.59 bits per heavy atom. The molecular formula is C26H31ClN4O5S. The number of carbonyl (C=O) groups excluding carboxylic acids is 3. The summed E-state index contributed by atoms with van der Waals surface area (Å²) in [5.74, 6) is -0.931. The SMILES string of the molecule is CC(C)(C)c1ccc(C2(C)NC(=O)N(CC(=O)N3CCN(S(=O)(=O)c4ccccc4Cl)CC3)C2=O)cc1. The summed E-state index contributed by atoms with van der Waals surface area (Å²) in [7, 11) is -3.81. The summed E-state index contributed by atoms with van der Waals surface area (Å²) in [5, 5.41) is 2.86. The second-order valence-electron chi connectivity index (χ2n) is 10.5. The summed E-state index contributed by atoms with van der Waals surface area (Å²) in [6.07, 6.45) is 0. The Hall–Kier alpha value is -2.95. The summed E-state index contributed by atoms with van der Waals surface area (Å²) in [6, 6.07) is 13.1. The van der Waals surface area contributed by atoms with Crippen LogP contribution in [0.15, 0.2) is 53.4 Å². The van der Waals surface area contributed by atoms with E-state index in [4.69, 9.17) is 11.6 Å². The molecule has 0 aromatic heterocycles. The number of rotatable bonds is 5. The minimum absolute atomic E-state index is 0.0191. The molecule has 0 bridgehead atoms. The highest BCUT2D eigenvalue weighted by atomic mass is 35.5. The number of piperazine rings is 1. The largest absolute Gasteiger partial charge is 0.338 e. The maximum atomic E-state index is 13.3. The Morgan fingerprint density at radius 1 is 1.00 bits per heavy atom. The van der Waals surface area contributed by atoms with E-state index in [0.29, 0.717) is 5.56 Å². The van der Waals surface area contributed by atoms with E-state index in [1.165, 1.54) is 21.3 Å². The fraction of sp³-hybridized carbons (Fsp3) is 0.423. The average Bonchev–Trinajstić information content (AvgIpc) is 3.07. The highest BCUT2D eigenvalue weighted by Gasteiger charge is 2.50. The van der Waals surface area contributed by atoms with Gasteiger partial charge >= 0.3 is 6.03 Å². The van der Waals surface area contributed by atoms with E-state index >= 15 is 0 Å². The summed E-state index contributed by atoms with van der Waals surface area (Å²) < 4.78 is 27.2. The zero-order valence-corrected chi connectivity index (χ0v) is 22.9. The molecule has 1 unspecified atom stereocenters. The molecule has 2 aliphatic heterocycles. The number of halogens is 1. The van der Waals surface area contributed by atoms with Crippen LogP contribution in [0.3, 0.4) is 0 Å². The zero-order valence-electron chi connectivity index (χ0n) is 21.3. The number of nitrogens with one attached hydrogen (secondary N) is 1. The van der Waals surface area contributed by atoms with Crippen molar-refractivity contribution >= 4 is 39.5 Å². The van der Waals surface area contributed by atoms with Crippen molar-refractivity contribution in [1.82, 2.24) is 19.4 Å². The number of nitrogens with zero attached hydrogens (tertiary/aromatic N) is 3. The van der Waals surface area contributed by atoms with Crippen LogP contribution in [0.25, 0.3) is 0 Å². The van der Waals surface area contributed by atoms with Crippen molar-refractivity contribution in [1.29, 1.82) is 0 Å². The molecule has 1 atom stereocenters. The van der Waals surface area contributed by atoms with Crippen molar-refractivity contribution in [3.63, 3.8) is 0 Å². The fourth-order valence-corrected chi connectivity index (χ4v) is 6.46. The third-order valence-corrected chi connectivity index (χ3v) is 9.34. The maximum absolute atomic E-state index is 13.3. The number of urea groups is 1. The van der Waals surface area contributed by atoms with Crippen LogP contribution in [0.2, 0.25) is 5.02 Å². The number of benzene rings is 2. The van der Waals surface area contributed by atoms with Gasteiger partial charge in [0.1, 0.15) is 17.0 Å². The average molecular weight is 547 g/mol. The van der Waals surface area contributed by atoms with E-state index in [-0.39, 0.29) is 41.5 Å². The Kier molecular flexibility index (Phi) is 7.13. The molecule has 1 N–H and O–H groups in total. The van der Waals surface area contributed by atoms with E-state index in [0.717, 1.165) is 10.5 Å². The first kappa shape index (κ1) is 27.1. The van der Waals surface area contributed by atoms with Crippen molar-refractivity contribution in [3.8, 4) is 0 Å². The molecule has 4 amide bonds. The lowest BCUT2D eigenvalue weighted by Crippen LogP contribution is -2.53. The van der Waals surface area contributed by atoms with Crippen molar-refractivity contribution in [3.05, 3.63) is 64.7 Å². The number of hydrogen-bond acceptors (Lipinski definition) is 5. The first-order chi connectivity index (χ1) is 17.2. The van der Waals surface area contributed by atoms with Crippen LogP contribution < -0.4 is 5.32 Å². The third kappa shape index (κ3) is 5.10. The van der Waals surface area contributed by atoms with Gasteiger partial charge in [0.05, 0.1) is 5.02 Å². The van der Waals surface area contributed by atoms with Crippen LogP contribution in [0.5, 0.6) is 0 Å². The van der Waals surface area contributed by atoms with Gasteiger partial charge in [-0.05, 0) is 35.6 Å². The van der Waals surface area contributed by atoms with Gasteiger partial charge in [-0.3, -0.25) is 14.5 Å². The topological polar surface area (TPSA) is 107 Å². The monoisotopic (exact) mass is 546 g/mol. The predicted octanol–water partition coefficient (Wildman–Crippen LogP) is 2.94. The van der Waals surface area contributed by atoms with E-state index in [1.807, 2.05) is 24.3 Å². The molecule has 2 aliphatic rings. The second-order valence-corrected chi connectivity index (χ2v) is 12.8. The number of imide groups is 1. The lowest BCUT2D eigenvalue weighted by molar-refractivity contribution is -0.139. The fourth-order valence-electron chi connectivity index (χ4n) is 4.55. The summed E-state index contributed by atoms with van der Waals surface area (Å²) >= 11 is 6.08. The van der Waals surface area contributed by atoms with Gasteiger partial charge in [0.15, 0.2) is 0 Å². The standard InChI is InChI=1S/C26H31ClN4O5S/c1-25(2,3)18-9-11-19(12-10-18)26(4)23(33)31(24(34)28-26)17-22(32)29-13-15-30(16-14-29)37(35,36)21-8-6-5-7-20(21)27/h5-12H,13-17H2,1-4H3,(H,28,34). The van der Waals surface area contributed by atoms with Gasteiger partial charge in [0, 0.05) is 26.2 Å². The van der Waals surface area contributed by atoms with Gasteiger partial charge in [0.25, 0.3) is 5.91 Å². The molecule has 0 spiro atoms. The predicted molar refractivity (Wildman–Crippen MR) is 140 cm³/mol. The molecule has 2 saturated heterocycles. The van der Waals surface area contributed by atoms with Crippen molar-refractivity contribution in [2.24, 2.45) is 0 Å². The van der Waals surface area contributed by atoms with Crippen LogP contribution in [-0.4, -0.2) is 73.1 Å². The van der Waals surface area contributed by atoms with E-state index in [1.54, 1.807) is 19.1 Å². The Balaban J connectivity index is 1.41. The molecular weight excluding hydrogens is 516 g/mol. The Bertz CT molecular complexity index is 1330. The van der Waals surface area contributed by atoms with Crippen molar-refractivity contribution < 1.29 is 22.8 Å². The van der Waals surface area contributed by atoms with Crippen molar-refractivity contribution in [2.45, 2.75) is 43.5 Å². The van der Waals surface area contributed by atoms with Gasteiger partial charge in [-0.1, -0.05) is 68.8 Å². The number of amides is 4. The first-order valence-electron chi connectivity index (χ1n) is 12.0. The van der Waals surface area contributed by atoms with E-state index in [9.17, 15) is 22.8 Å². The first-order valence-corrected chi connectivity index (χ1v) is 13.8. The van der Waals surface area contributed by atoms with Crippen molar-refractivity contribution in [2.75, 3.05) is 32.7 Å². The molecule has 9 nitrogen and oxygen atoms in total. The van der Waals surface area contributed by atoms with Gasteiger partial charge in [-0.15, -0.1) is 0 Å². The molecule has 2 fully saturated rings. The van der Waals surface area contributed by atoms with Crippen LogP contribution in [-0.2, 0) is 30.6 Å². The van der Waals surface area contributed by atoms with E-state index < -0.39 is 40.0 Å². The normalized spacial score (nSPS) is 21.3. The van der Waals surface area contributed by atoms with Crippen LogP contribution in [0.4, 0.5) is 4.79 Å². The molecule has 198 valence electrons. The number of carbonyl (C=O) groups is 3. The molecule has 37 heavy (non-hydrogen) atoms. The lowest BCUT2D eigenvalue weighted by Gasteiger charge is -2.34. The highest BCUT2D eigenvalue weighted by molar-refractivity contribution is 7.89. The quantitative estimate of drug-likeness (QED) is 0.580. The van der Waals surface area contributed by atoms with E-state index in [2.05, 4.69) is 26.1 Å². The minimum atomic E-state index is -3.81. The third-order valence-electron chi connectivity index (χ3n) is 6.94. The molecule has 2 heterocycles. The molecule has 0 saturated carbocycles. The second kappa shape index (κ2) is 9.74. The smallest absolute Gasteiger partial charge is 0.325 e. The highest BCUT2D eigenvalue weighted by Crippen LogP contribution is 2.31. The maximum Gasteiger partial charge on any atom is 0.325 e. The summed E-state index contributed by atoms with van der Waals surface area (Å²) in [4.78, 5) is 41.4. The Labute approximate surface area is 222 Å². The molecule has 2 aromatic rings. The van der Waals surface area contributed by atoms with Crippen LogP contribution >= 0.6 is 11.6 Å². The summed E-state index contributed by atoms with van der Waals surface area (Å²) in [5.41, 5.74) is 0.388. The molecule has 11 heteroatoms. The van der Waals surface area contributed by atoms with Gasteiger partial charge in [-0.2, -0.15) is 4.31 Å². The zero-order chi connectivity index (χ0) is 27.2. The van der Waals surface area contributed by atoms with Gasteiger partial charge in [-0.25, -0.2) is 13.2 Å². The summed E-state index contributed by atoms with van der Waals surface area (Å²) in [6.45, 7) is 7.91. The molecule has 4 rings (SSSR count). The molecule has 2 aromatic carbocycles. The Morgan fingerprint density at radius 3 is 2.16 bits per heavy atom. The van der Waals surface area contributed by atoms with Crippen LogP contribution in [0.1, 0.15) is 38.8 Å². The number of hydrogen-bond donors (Lipinski definition) is 1. The van der Waals surface area contributed by atoms with Crippen LogP contribution in [0, 0.1) is 0 Å². The van der Waals surface area contributed by atoms with Gasteiger partial charge in [0.2, 0.25) is 15.9 Å². The lowest BCUT2D eigenvalue weighted by atomic mass is 9.84.